The maximum atomic E-state index is 12.0. The average molecular weight is 342 g/mol. The largest absolute Gasteiger partial charge is 0.497 e. The first kappa shape index (κ1) is 18.0. The molecule has 0 saturated carbocycles. The van der Waals surface area contributed by atoms with Gasteiger partial charge in [-0.05, 0) is 30.7 Å². The summed E-state index contributed by atoms with van der Waals surface area (Å²) in [6.07, 6.45) is 0.665. The zero-order valence-corrected chi connectivity index (χ0v) is 14.7. The van der Waals surface area contributed by atoms with E-state index in [9.17, 15) is 8.42 Å². The van der Waals surface area contributed by atoms with Crippen LogP contribution in [0.3, 0.4) is 0 Å². The van der Waals surface area contributed by atoms with Gasteiger partial charge >= 0.3 is 0 Å². The van der Waals surface area contributed by atoms with E-state index in [4.69, 9.17) is 9.47 Å². The fraction of sp³-hybridized carbons (Fsp3) is 0.625. The second-order valence-corrected chi connectivity index (χ2v) is 7.67. The van der Waals surface area contributed by atoms with Crippen LogP contribution in [-0.4, -0.2) is 69.8 Å². The standard InChI is InChI=1S/C16H26N2O4S/c1-3-14-23(19,20)18-10-8-17(9-11-18)12-13-22-16-6-4-15(21-2)5-7-16/h4-7H,3,8-14H2,1-2H3. The highest BCUT2D eigenvalue weighted by Gasteiger charge is 2.25. The van der Waals surface area contributed by atoms with E-state index in [0.717, 1.165) is 31.1 Å². The van der Waals surface area contributed by atoms with Gasteiger partial charge in [0, 0.05) is 32.7 Å². The summed E-state index contributed by atoms with van der Waals surface area (Å²) in [5, 5.41) is 0. The molecule has 0 aliphatic carbocycles. The molecule has 2 rings (SSSR count). The van der Waals surface area contributed by atoms with Crippen molar-refractivity contribution in [2.75, 3.05) is 52.2 Å². The number of piperazine rings is 1. The predicted octanol–water partition coefficient (Wildman–Crippen LogP) is 1.43. The van der Waals surface area contributed by atoms with Crippen molar-refractivity contribution in [2.24, 2.45) is 0 Å². The second kappa shape index (κ2) is 8.52. The molecule has 7 heteroatoms. The predicted molar refractivity (Wildman–Crippen MR) is 90.6 cm³/mol. The van der Waals surface area contributed by atoms with Crippen LogP contribution in [0.4, 0.5) is 0 Å². The number of hydrogen-bond donors (Lipinski definition) is 0. The second-order valence-electron chi connectivity index (χ2n) is 5.58. The quantitative estimate of drug-likeness (QED) is 0.715. The fourth-order valence-corrected chi connectivity index (χ4v) is 4.08. The van der Waals surface area contributed by atoms with Crippen LogP contribution in [0.1, 0.15) is 13.3 Å². The third-order valence-electron chi connectivity index (χ3n) is 3.92. The SMILES string of the molecule is CCCS(=O)(=O)N1CCN(CCOc2ccc(OC)cc2)CC1. The van der Waals surface area contributed by atoms with Crippen LogP contribution >= 0.6 is 0 Å². The topological polar surface area (TPSA) is 59.1 Å². The average Bonchev–Trinajstić information content (AvgIpc) is 2.56. The Morgan fingerprint density at radius 1 is 1.04 bits per heavy atom. The van der Waals surface area contributed by atoms with E-state index in [0.29, 0.717) is 26.1 Å². The Morgan fingerprint density at radius 3 is 2.22 bits per heavy atom. The van der Waals surface area contributed by atoms with Gasteiger partial charge in [0.05, 0.1) is 12.9 Å². The first-order valence-electron chi connectivity index (χ1n) is 8.02. The molecule has 0 unspecified atom stereocenters. The first-order chi connectivity index (χ1) is 11.0. The Hall–Kier alpha value is -1.31. The molecule has 0 bridgehead atoms. The highest BCUT2D eigenvalue weighted by molar-refractivity contribution is 7.89. The van der Waals surface area contributed by atoms with Crippen LogP contribution in [0, 0.1) is 0 Å². The smallest absolute Gasteiger partial charge is 0.214 e. The Morgan fingerprint density at radius 2 is 1.65 bits per heavy atom. The van der Waals surface area contributed by atoms with Crippen molar-refractivity contribution >= 4 is 10.0 Å². The first-order valence-corrected chi connectivity index (χ1v) is 9.63. The summed E-state index contributed by atoms with van der Waals surface area (Å²) in [4.78, 5) is 2.24. The van der Waals surface area contributed by atoms with Crippen molar-refractivity contribution in [3.63, 3.8) is 0 Å². The van der Waals surface area contributed by atoms with Crippen LogP contribution in [0.25, 0.3) is 0 Å². The lowest BCUT2D eigenvalue weighted by Crippen LogP contribution is -2.50. The maximum absolute atomic E-state index is 12.0. The van der Waals surface area contributed by atoms with E-state index in [2.05, 4.69) is 4.90 Å². The molecule has 0 atom stereocenters. The van der Waals surface area contributed by atoms with E-state index in [1.54, 1.807) is 11.4 Å². The Bertz CT molecular complexity index is 566. The molecule has 1 heterocycles. The number of sulfonamides is 1. The van der Waals surface area contributed by atoms with Gasteiger partial charge in [-0.15, -0.1) is 0 Å². The van der Waals surface area contributed by atoms with Crippen LogP contribution in [0.2, 0.25) is 0 Å². The van der Waals surface area contributed by atoms with Crippen LogP contribution in [0.15, 0.2) is 24.3 Å². The summed E-state index contributed by atoms with van der Waals surface area (Å²) in [6.45, 7) is 5.95. The van der Waals surface area contributed by atoms with Gasteiger partial charge in [-0.1, -0.05) is 6.92 Å². The lowest BCUT2D eigenvalue weighted by molar-refractivity contribution is 0.159. The summed E-state index contributed by atoms with van der Waals surface area (Å²) in [7, 11) is -1.43. The third-order valence-corrected chi connectivity index (χ3v) is 6.00. The lowest BCUT2D eigenvalue weighted by Gasteiger charge is -2.33. The molecule has 1 fully saturated rings. The molecular weight excluding hydrogens is 316 g/mol. The molecule has 0 spiro atoms. The lowest BCUT2D eigenvalue weighted by atomic mass is 10.3. The van der Waals surface area contributed by atoms with E-state index in [1.807, 2.05) is 31.2 Å². The third kappa shape index (κ3) is 5.37. The fourth-order valence-electron chi connectivity index (χ4n) is 2.58. The minimum atomic E-state index is -3.06. The van der Waals surface area contributed by atoms with Crippen LogP contribution < -0.4 is 9.47 Å². The van der Waals surface area contributed by atoms with Gasteiger partial charge in [-0.2, -0.15) is 4.31 Å². The van der Waals surface area contributed by atoms with Gasteiger partial charge in [-0.3, -0.25) is 4.90 Å². The normalized spacial score (nSPS) is 17.1. The molecule has 23 heavy (non-hydrogen) atoms. The van der Waals surface area contributed by atoms with E-state index in [1.165, 1.54) is 0 Å². The monoisotopic (exact) mass is 342 g/mol. The van der Waals surface area contributed by atoms with Crippen molar-refractivity contribution in [3.8, 4) is 11.5 Å². The van der Waals surface area contributed by atoms with Crippen molar-refractivity contribution in [1.82, 2.24) is 9.21 Å². The van der Waals surface area contributed by atoms with Crippen LogP contribution in [0.5, 0.6) is 11.5 Å². The van der Waals surface area contributed by atoms with Gasteiger partial charge in [0.15, 0.2) is 0 Å². The van der Waals surface area contributed by atoms with Gasteiger partial charge in [-0.25, -0.2) is 8.42 Å². The molecule has 0 radical (unpaired) electrons. The number of methoxy groups -OCH3 is 1. The number of benzene rings is 1. The number of ether oxygens (including phenoxy) is 2. The number of hydrogen-bond acceptors (Lipinski definition) is 5. The van der Waals surface area contributed by atoms with E-state index < -0.39 is 10.0 Å². The summed E-state index contributed by atoms with van der Waals surface area (Å²) < 4.78 is 36.5. The molecule has 0 amide bonds. The highest BCUT2D eigenvalue weighted by Crippen LogP contribution is 2.17. The van der Waals surface area contributed by atoms with Crippen molar-refractivity contribution in [3.05, 3.63) is 24.3 Å². The Kier molecular flexibility index (Phi) is 6.68. The number of rotatable bonds is 8. The zero-order chi connectivity index (χ0) is 16.7. The molecular formula is C16H26N2O4S. The van der Waals surface area contributed by atoms with Gasteiger partial charge in [0.1, 0.15) is 18.1 Å². The summed E-state index contributed by atoms with van der Waals surface area (Å²) in [6, 6.07) is 7.50. The molecule has 0 aromatic heterocycles. The zero-order valence-electron chi connectivity index (χ0n) is 13.9. The van der Waals surface area contributed by atoms with Crippen molar-refractivity contribution < 1.29 is 17.9 Å². The number of nitrogens with zero attached hydrogens (tertiary/aromatic N) is 2. The minimum absolute atomic E-state index is 0.244. The summed E-state index contributed by atoms with van der Waals surface area (Å²) in [5.41, 5.74) is 0. The Labute approximate surface area is 139 Å². The van der Waals surface area contributed by atoms with Crippen molar-refractivity contribution in [1.29, 1.82) is 0 Å². The molecule has 1 aliphatic rings. The van der Waals surface area contributed by atoms with Gasteiger partial charge < -0.3 is 9.47 Å². The van der Waals surface area contributed by atoms with Crippen molar-refractivity contribution in [2.45, 2.75) is 13.3 Å². The van der Waals surface area contributed by atoms with Crippen LogP contribution in [-0.2, 0) is 10.0 Å². The van der Waals surface area contributed by atoms with E-state index >= 15 is 0 Å². The molecule has 1 aromatic rings. The molecule has 6 nitrogen and oxygen atoms in total. The molecule has 130 valence electrons. The Balaban J connectivity index is 1.70. The maximum Gasteiger partial charge on any atom is 0.214 e. The molecule has 1 saturated heterocycles. The van der Waals surface area contributed by atoms with Gasteiger partial charge in [0.2, 0.25) is 10.0 Å². The molecule has 1 aliphatic heterocycles. The van der Waals surface area contributed by atoms with E-state index in [-0.39, 0.29) is 5.75 Å². The molecule has 1 aromatic carbocycles. The highest BCUT2D eigenvalue weighted by atomic mass is 32.2. The van der Waals surface area contributed by atoms with Gasteiger partial charge in [0.25, 0.3) is 0 Å². The molecule has 0 N–H and O–H groups in total. The minimum Gasteiger partial charge on any atom is -0.497 e. The summed E-state index contributed by atoms with van der Waals surface area (Å²) in [5.74, 6) is 1.87. The summed E-state index contributed by atoms with van der Waals surface area (Å²) >= 11 is 0.